The molecule has 2 heterocycles. The van der Waals surface area contributed by atoms with Gasteiger partial charge >= 0.3 is 0 Å². The lowest BCUT2D eigenvalue weighted by molar-refractivity contribution is 0.719. The average molecular weight is 214 g/mol. The molecule has 1 N–H and O–H groups in total. The molecule has 4 heteroatoms. The van der Waals surface area contributed by atoms with Crippen molar-refractivity contribution in [2.45, 2.75) is 12.8 Å². The average Bonchev–Trinajstić information content (AvgIpc) is 2.75. The first-order valence-corrected chi connectivity index (χ1v) is 5.57. The maximum absolute atomic E-state index is 3.99. The lowest BCUT2D eigenvalue weighted by atomic mass is 9.96. The van der Waals surface area contributed by atoms with E-state index in [9.17, 15) is 0 Å². The zero-order valence-corrected chi connectivity index (χ0v) is 9.27. The van der Waals surface area contributed by atoms with E-state index in [4.69, 9.17) is 0 Å². The number of aryl methyl sites for hydroxylation is 1. The Balaban J connectivity index is 2.18. The first kappa shape index (κ1) is 9.39. The smallest absolute Gasteiger partial charge is 0.0885 e. The summed E-state index contributed by atoms with van der Waals surface area (Å²) in [4.78, 5) is 0. The van der Waals surface area contributed by atoms with E-state index in [-0.39, 0.29) is 0 Å². The summed E-state index contributed by atoms with van der Waals surface area (Å²) in [5, 5.41) is 11.4. The number of nitrogens with zero attached hydrogens (tertiary/aromatic N) is 3. The van der Waals surface area contributed by atoms with Crippen molar-refractivity contribution in [3.63, 3.8) is 0 Å². The van der Waals surface area contributed by atoms with Crippen LogP contribution < -0.4 is 5.32 Å². The van der Waals surface area contributed by atoms with Gasteiger partial charge in [0, 0.05) is 24.8 Å². The third kappa shape index (κ3) is 1.38. The summed E-state index contributed by atoms with van der Waals surface area (Å²) in [5.41, 5.74) is 4.97. The van der Waals surface area contributed by atoms with Crippen molar-refractivity contribution in [1.29, 1.82) is 0 Å². The van der Waals surface area contributed by atoms with Crippen LogP contribution >= 0.6 is 0 Å². The maximum Gasteiger partial charge on any atom is 0.0885 e. The van der Waals surface area contributed by atoms with Gasteiger partial charge < -0.3 is 5.32 Å². The molecule has 0 aliphatic carbocycles. The van der Waals surface area contributed by atoms with Gasteiger partial charge in [-0.3, -0.25) is 0 Å². The minimum atomic E-state index is 1.07. The summed E-state index contributed by atoms with van der Waals surface area (Å²) < 4.78 is 1.82. The highest BCUT2D eigenvalue weighted by Crippen LogP contribution is 2.31. The fraction of sp³-hybridized carbons (Fsp3) is 0.333. The largest absolute Gasteiger partial charge is 0.385 e. The van der Waals surface area contributed by atoms with Crippen LogP contribution in [-0.2, 0) is 13.5 Å². The Morgan fingerprint density at radius 2 is 2.31 bits per heavy atom. The Bertz CT molecular complexity index is 515. The van der Waals surface area contributed by atoms with E-state index in [2.05, 4.69) is 33.8 Å². The normalized spacial score (nSPS) is 14.3. The monoisotopic (exact) mass is 214 g/mol. The van der Waals surface area contributed by atoms with Gasteiger partial charge in [-0.05, 0) is 24.5 Å². The molecule has 1 aliphatic rings. The number of hydrogen-bond acceptors (Lipinski definition) is 3. The summed E-state index contributed by atoms with van der Waals surface area (Å²) in [6.07, 6.45) is 4.14. The molecule has 0 saturated heterocycles. The molecule has 0 fully saturated rings. The number of anilines is 1. The highest BCUT2D eigenvalue weighted by Gasteiger charge is 2.15. The van der Waals surface area contributed by atoms with Gasteiger partial charge in [-0.2, -0.15) is 0 Å². The van der Waals surface area contributed by atoms with Gasteiger partial charge in [-0.1, -0.05) is 17.3 Å². The van der Waals surface area contributed by atoms with Crippen molar-refractivity contribution < 1.29 is 0 Å². The molecule has 1 aliphatic heterocycles. The summed E-state index contributed by atoms with van der Waals surface area (Å²) in [6, 6.07) is 6.37. The van der Waals surface area contributed by atoms with Crippen LogP contribution in [0, 0.1) is 0 Å². The van der Waals surface area contributed by atoms with Crippen LogP contribution in [0.15, 0.2) is 24.4 Å². The molecule has 3 rings (SSSR count). The van der Waals surface area contributed by atoms with Gasteiger partial charge in [-0.25, -0.2) is 4.68 Å². The van der Waals surface area contributed by atoms with E-state index >= 15 is 0 Å². The van der Waals surface area contributed by atoms with Crippen LogP contribution in [0.3, 0.4) is 0 Å². The van der Waals surface area contributed by atoms with Gasteiger partial charge in [0.05, 0.1) is 11.9 Å². The molecule has 82 valence electrons. The van der Waals surface area contributed by atoms with E-state index in [1.165, 1.54) is 23.2 Å². The standard InChI is InChI=1S/C12H14N4/c1-16-12(8-14-15-16)10-4-2-6-11-9(10)5-3-7-13-11/h2,4,6,8,13H,3,5,7H2,1H3. The molecule has 1 aromatic heterocycles. The second-order valence-corrected chi connectivity index (χ2v) is 4.10. The fourth-order valence-electron chi connectivity index (χ4n) is 2.28. The van der Waals surface area contributed by atoms with Crippen LogP contribution in [0.1, 0.15) is 12.0 Å². The molecular formula is C12H14N4. The number of hydrogen-bond donors (Lipinski definition) is 1. The molecular weight excluding hydrogens is 200 g/mol. The predicted octanol–water partition coefficient (Wildman–Crippen LogP) is 1.84. The molecule has 16 heavy (non-hydrogen) atoms. The van der Waals surface area contributed by atoms with Crippen LogP contribution in [0.4, 0.5) is 5.69 Å². The lowest BCUT2D eigenvalue weighted by Crippen LogP contribution is -2.12. The molecule has 0 atom stereocenters. The molecule has 1 aromatic carbocycles. The number of aromatic nitrogens is 3. The molecule has 0 amide bonds. The Hall–Kier alpha value is -1.84. The first-order chi connectivity index (χ1) is 7.86. The SMILES string of the molecule is Cn1nncc1-c1cccc2c1CCCN2. The van der Waals surface area contributed by atoms with E-state index in [0.717, 1.165) is 18.7 Å². The molecule has 0 saturated carbocycles. The van der Waals surface area contributed by atoms with E-state index < -0.39 is 0 Å². The fourth-order valence-corrected chi connectivity index (χ4v) is 2.28. The third-order valence-electron chi connectivity index (χ3n) is 3.09. The second kappa shape index (κ2) is 3.63. The second-order valence-electron chi connectivity index (χ2n) is 4.10. The topological polar surface area (TPSA) is 42.7 Å². The summed E-state index contributed by atoms with van der Waals surface area (Å²) in [7, 11) is 1.93. The third-order valence-corrected chi connectivity index (χ3v) is 3.09. The molecule has 0 bridgehead atoms. The Kier molecular flexibility index (Phi) is 2.13. The van der Waals surface area contributed by atoms with Gasteiger partial charge in [0.1, 0.15) is 0 Å². The maximum atomic E-state index is 3.99. The van der Waals surface area contributed by atoms with Crippen molar-refractivity contribution in [3.8, 4) is 11.3 Å². The first-order valence-electron chi connectivity index (χ1n) is 5.57. The van der Waals surface area contributed by atoms with Crippen molar-refractivity contribution in [1.82, 2.24) is 15.0 Å². The van der Waals surface area contributed by atoms with Crippen LogP contribution in [0.5, 0.6) is 0 Å². The van der Waals surface area contributed by atoms with E-state index in [1.807, 2.05) is 17.9 Å². The molecule has 0 unspecified atom stereocenters. The van der Waals surface area contributed by atoms with Gasteiger partial charge in [0.15, 0.2) is 0 Å². The zero-order chi connectivity index (χ0) is 11.0. The zero-order valence-electron chi connectivity index (χ0n) is 9.27. The Labute approximate surface area is 94.3 Å². The van der Waals surface area contributed by atoms with Crippen molar-refractivity contribution in [3.05, 3.63) is 30.0 Å². The minimum absolute atomic E-state index is 1.07. The highest BCUT2D eigenvalue weighted by molar-refractivity contribution is 5.72. The quantitative estimate of drug-likeness (QED) is 0.787. The highest BCUT2D eigenvalue weighted by atomic mass is 15.4. The Morgan fingerprint density at radius 1 is 1.38 bits per heavy atom. The number of rotatable bonds is 1. The van der Waals surface area contributed by atoms with Crippen molar-refractivity contribution in [2.24, 2.45) is 7.05 Å². The summed E-state index contributed by atoms with van der Waals surface area (Å²) >= 11 is 0. The summed E-state index contributed by atoms with van der Waals surface area (Å²) in [5.74, 6) is 0. The minimum Gasteiger partial charge on any atom is -0.385 e. The van der Waals surface area contributed by atoms with Gasteiger partial charge in [-0.15, -0.1) is 5.10 Å². The summed E-state index contributed by atoms with van der Waals surface area (Å²) in [6.45, 7) is 1.07. The number of nitrogens with one attached hydrogen (secondary N) is 1. The van der Waals surface area contributed by atoms with Crippen molar-refractivity contribution >= 4 is 5.69 Å². The van der Waals surface area contributed by atoms with E-state index in [0.29, 0.717) is 0 Å². The van der Waals surface area contributed by atoms with Gasteiger partial charge in [0.25, 0.3) is 0 Å². The van der Waals surface area contributed by atoms with E-state index in [1.54, 1.807) is 0 Å². The molecule has 0 spiro atoms. The molecule has 2 aromatic rings. The number of fused-ring (bicyclic) bond motifs is 1. The lowest BCUT2D eigenvalue weighted by Gasteiger charge is -2.20. The van der Waals surface area contributed by atoms with Crippen molar-refractivity contribution in [2.75, 3.05) is 11.9 Å². The number of benzene rings is 1. The van der Waals surface area contributed by atoms with Crippen LogP contribution in [0.2, 0.25) is 0 Å². The molecule has 0 radical (unpaired) electrons. The van der Waals surface area contributed by atoms with Gasteiger partial charge in [0.2, 0.25) is 0 Å². The Morgan fingerprint density at radius 3 is 3.12 bits per heavy atom. The predicted molar refractivity (Wildman–Crippen MR) is 63.2 cm³/mol. The molecule has 4 nitrogen and oxygen atoms in total. The van der Waals surface area contributed by atoms with Crippen LogP contribution in [-0.4, -0.2) is 21.5 Å². The van der Waals surface area contributed by atoms with Crippen LogP contribution in [0.25, 0.3) is 11.3 Å².